The molecule has 0 spiro atoms. The summed E-state index contributed by atoms with van der Waals surface area (Å²) >= 11 is 0. The van der Waals surface area contributed by atoms with Crippen LogP contribution in [0.2, 0.25) is 0 Å². The number of nitrogens with zero attached hydrogens (tertiary/aromatic N) is 3. The van der Waals surface area contributed by atoms with Crippen molar-refractivity contribution in [1.29, 1.82) is 0 Å². The van der Waals surface area contributed by atoms with Gasteiger partial charge in [0.1, 0.15) is 5.75 Å². The number of methoxy groups -OCH3 is 1. The molecule has 1 aromatic rings. The molecule has 1 N–H and O–H groups in total. The average Bonchev–Trinajstić information content (AvgIpc) is 2.76. The summed E-state index contributed by atoms with van der Waals surface area (Å²) in [5.41, 5.74) is 1.20. The first-order chi connectivity index (χ1) is 14.2. The Balaban J connectivity index is 1.64. The van der Waals surface area contributed by atoms with E-state index in [0.29, 0.717) is 13.0 Å². The minimum atomic E-state index is -0.0842. The summed E-state index contributed by atoms with van der Waals surface area (Å²) in [5, 5.41) is 3.48. The van der Waals surface area contributed by atoms with Gasteiger partial charge in [-0.15, -0.1) is 0 Å². The van der Waals surface area contributed by atoms with Crippen molar-refractivity contribution in [2.24, 2.45) is 4.99 Å². The van der Waals surface area contributed by atoms with Gasteiger partial charge in [0.2, 0.25) is 0 Å². The third-order valence-corrected chi connectivity index (χ3v) is 5.11. The van der Waals surface area contributed by atoms with Gasteiger partial charge in [-0.25, -0.2) is 0 Å². The van der Waals surface area contributed by atoms with Gasteiger partial charge in [0.15, 0.2) is 5.96 Å². The van der Waals surface area contributed by atoms with Gasteiger partial charge in [-0.05, 0) is 31.9 Å². The van der Waals surface area contributed by atoms with E-state index in [4.69, 9.17) is 9.47 Å². The molecule has 0 bridgehead atoms. The summed E-state index contributed by atoms with van der Waals surface area (Å²) < 4.78 is 10.3. The van der Waals surface area contributed by atoms with Crippen LogP contribution in [0.1, 0.15) is 39.0 Å². The van der Waals surface area contributed by atoms with Crippen molar-refractivity contribution < 1.29 is 14.3 Å². The van der Waals surface area contributed by atoms with Gasteiger partial charge in [0, 0.05) is 57.9 Å². The fraction of sp³-hybridized carbons (Fsp3) is 0.636. The normalized spacial score (nSPS) is 14.7. The lowest BCUT2D eigenvalue weighted by Gasteiger charge is -2.37. The number of carbonyl (C=O) groups excluding carboxylic acids is 1. The van der Waals surface area contributed by atoms with Gasteiger partial charge in [-0.3, -0.25) is 9.79 Å². The first-order valence-electron chi connectivity index (χ1n) is 10.7. The molecule has 29 heavy (non-hydrogen) atoms. The summed E-state index contributed by atoms with van der Waals surface area (Å²) in [6.45, 7) is 7.02. The quantitative estimate of drug-likeness (QED) is 0.280. The number of guanidine groups is 1. The van der Waals surface area contributed by atoms with E-state index in [9.17, 15) is 4.79 Å². The Hall–Kier alpha value is -2.44. The molecule has 1 heterocycles. The van der Waals surface area contributed by atoms with Crippen LogP contribution in [0.5, 0.6) is 5.75 Å². The molecule has 0 aliphatic carbocycles. The fourth-order valence-electron chi connectivity index (χ4n) is 3.50. The zero-order chi connectivity index (χ0) is 20.9. The second-order valence-electron chi connectivity index (χ2n) is 7.12. The van der Waals surface area contributed by atoms with E-state index in [1.54, 1.807) is 7.11 Å². The Morgan fingerprint density at radius 1 is 1.14 bits per heavy atom. The highest BCUT2D eigenvalue weighted by molar-refractivity contribution is 5.80. The molecule has 1 aromatic carbocycles. The number of unbranched alkanes of at least 4 members (excludes halogenated alkanes) is 3. The molecular weight excluding hydrogens is 368 g/mol. The van der Waals surface area contributed by atoms with E-state index < -0.39 is 0 Å². The van der Waals surface area contributed by atoms with E-state index >= 15 is 0 Å². The molecule has 1 aliphatic heterocycles. The van der Waals surface area contributed by atoms with Crippen molar-refractivity contribution in [3.63, 3.8) is 0 Å². The van der Waals surface area contributed by atoms with Crippen molar-refractivity contribution in [2.45, 2.75) is 39.0 Å². The molecule has 2 rings (SSSR count). The number of piperazine rings is 1. The fourth-order valence-corrected chi connectivity index (χ4v) is 3.50. The van der Waals surface area contributed by atoms with Crippen LogP contribution in [0, 0.1) is 0 Å². The van der Waals surface area contributed by atoms with Crippen molar-refractivity contribution in [3.05, 3.63) is 24.3 Å². The number of aliphatic imine (C=N–C) groups is 1. The van der Waals surface area contributed by atoms with Gasteiger partial charge in [-0.1, -0.05) is 18.9 Å². The van der Waals surface area contributed by atoms with Gasteiger partial charge >= 0.3 is 5.97 Å². The second-order valence-corrected chi connectivity index (χ2v) is 7.12. The number of rotatable bonds is 10. The van der Waals surface area contributed by atoms with Gasteiger partial charge in [-0.2, -0.15) is 0 Å². The predicted octanol–water partition coefficient (Wildman–Crippen LogP) is 2.91. The van der Waals surface area contributed by atoms with Crippen LogP contribution in [-0.2, 0) is 9.53 Å². The third kappa shape index (κ3) is 7.83. The number of anilines is 1. The molecule has 1 aliphatic rings. The first-order valence-corrected chi connectivity index (χ1v) is 10.7. The lowest BCUT2D eigenvalue weighted by molar-refractivity contribution is -0.143. The minimum absolute atomic E-state index is 0.0842. The summed E-state index contributed by atoms with van der Waals surface area (Å²) in [5.74, 6) is 1.78. The number of ether oxygens (including phenoxy) is 2. The molecule has 0 amide bonds. The molecule has 1 fully saturated rings. The maximum absolute atomic E-state index is 11.3. The van der Waals surface area contributed by atoms with Crippen LogP contribution < -0.4 is 15.0 Å². The van der Waals surface area contributed by atoms with E-state index in [1.807, 2.05) is 26.1 Å². The Bertz CT molecular complexity index is 643. The molecular formula is C22H36N4O3. The smallest absolute Gasteiger partial charge is 0.305 e. The Kier molecular flexibility index (Phi) is 10.2. The number of carbonyl (C=O) groups is 1. The summed E-state index contributed by atoms with van der Waals surface area (Å²) in [6.07, 6.45) is 4.66. The van der Waals surface area contributed by atoms with Crippen LogP contribution in [-0.4, -0.2) is 70.3 Å². The number of nitrogens with one attached hydrogen (secondary N) is 1. The summed E-state index contributed by atoms with van der Waals surface area (Å²) in [6, 6.07) is 8.23. The molecule has 0 radical (unpaired) electrons. The van der Waals surface area contributed by atoms with Gasteiger partial charge in [0.25, 0.3) is 0 Å². The Morgan fingerprint density at radius 3 is 2.59 bits per heavy atom. The van der Waals surface area contributed by atoms with Crippen LogP contribution in [0.25, 0.3) is 0 Å². The zero-order valence-electron chi connectivity index (χ0n) is 18.2. The Morgan fingerprint density at radius 2 is 1.90 bits per heavy atom. The van der Waals surface area contributed by atoms with Crippen LogP contribution >= 0.6 is 0 Å². The van der Waals surface area contributed by atoms with E-state index in [1.165, 1.54) is 5.69 Å². The zero-order valence-corrected chi connectivity index (χ0v) is 18.2. The number of hydrogen-bond acceptors (Lipinski definition) is 5. The van der Waals surface area contributed by atoms with Crippen molar-refractivity contribution in [2.75, 3.05) is 58.4 Å². The monoisotopic (exact) mass is 404 g/mol. The lowest BCUT2D eigenvalue weighted by atomic mass is 10.1. The predicted molar refractivity (Wildman–Crippen MR) is 118 cm³/mol. The van der Waals surface area contributed by atoms with Crippen molar-refractivity contribution in [3.8, 4) is 5.75 Å². The largest absolute Gasteiger partial charge is 0.497 e. The molecule has 1 saturated heterocycles. The molecule has 0 unspecified atom stereocenters. The van der Waals surface area contributed by atoms with Crippen LogP contribution in [0.3, 0.4) is 0 Å². The highest BCUT2D eigenvalue weighted by Gasteiger charge is 2.19. The summed E-state index contributed by atoms with van der Waals surface area (Å²) in [7, 11) is 3.54. The minimum Gasteiger partial charge on any atom is -0.497 e. The highest BCUT2D eigenvalue weighted by Crippen LogP contribution is 2.22. The maximum Gasteiger partial charge on any atom is 0.305 e. The second kappa shape index (κ2) is 12.9. The highest BCUT2D eigenvalue weighted by atomic mass is 16.5. The van der Waals surface area contributed by atoms with E-state index in [-0.39, 0.29) is 5.97 Å². The van der Waals surface area contributed by atoms with Gasteiger partial charge in [0.05, 0.1) is 13.7 Å². The van der Waals surface area contributed by atoms with E-state index in [0.717, 1.165) is 70.1 Å². The number of hydrogen-bond donors (Lipinski definition) is 1. The standard InChI is InChI=1S/C22H36N4O3/c1-4-29-21(27)12-7-5-6-8-13-24-22(23-2)26-16-14-25(15-17-26)19-10-9-11-20(18-19)28-3/h9-11,18H,4-8,12-17H2,1-3H3,(H,23,24). The lowest BCUT2D eigenvalue weighted by Crippen LogP contribution is -2.52. The van der Waals surface area contributed by atoms with Crippen molar-refractivity contribution in [1.82, 2.24) is 10.2 Å². The topological polar surface area (TPSA) is 66.4 Å². The number of benzene rings is 1. The number of esters is 1. The van der Waals surface area contributed by atoms with Crippen LogP contribution in [0.15, 0.2) is 29.3 Å². The molecule has 7 nitrogen and oxygen atoms in total. The van der Waals surface area contributed by atoms with E-state index in [2.05, 4.69) is 32.2 Å². The maximum atomic E-state index is 11.3. The SMILES string of the molecule is CCOC(=O)CCCCCCNC(=NC)N1CCN(c2cccc(OC)c2)CC1. The Labute approximate surface area is 175 Å². The summed E-state index contributed by atoms with van der Waals surface area (Å²) in [4.78, 5) is 20.5. The molecule has 0 saturated carbocycles. The van der Waals surface area contributed by atoms with Crippen molar-refractivity contribution >= 4 is 17.6 Å². The molecule has 0 aromatic heterocycles. The molecule has 7 heteroatoms. The first kappa shape index (κ1) is 22.8. The average molecular weight is 405 g/mol. The molecule has 162 valence electrons. The third-order valence-electron chi connectivity index (χ3n) is 5.11. The van der Waals surface area contributed by atoms with Crippen LogP contribution in [0.4, 0.5) is 5.69 Å². The molecule has 0 atom stereocenters. The van der Waals surface area contributed by atoms with Gasteiger partial charge < -0.3 is 24.6 Å².